The molecule has 2 aromatic carbocycles. The third-order valence-corrected chi connectivity index (χ3v) is 10.1. The number of carbonyl (C=O) groups excluding carboxylic acids is 3. The normalized spacial score (nSPS) is 16.3. The zero-order valence-corrected chi connectivity index (χ0v) is 35.1. The van der Waals surface area contributed by atoms with Crippen LogP contribution < -0.4 is 20.7 Å². The minimum absolute atomic E-state index is 0.106. The van der Waals surface area contributed by atoms with Gasteiger partial charge < -0.3 is 35.4 Å². The first-order valence-electron chi connectivity index (χ1n) is 20.1. The Balaban J connectivity index is 1.28. The number of carboxylic acids is 1. The standard InChI is InChI=1S/C43H52F4N8O7/c1-41(2,3)62-40(60)49-24-26-10-12-29(13-11-26)36(56)51-33(23-27-8-6-9-30(22-27)31-16-19-34(48-25-31)61-21-7-20-55(4)5)37(57)50-32-17-14-28(15-18-32)35-52-38(54-53-35)42(44,45)43(46,47)39(58)59/h6,8-9,14-19,22,25-26,29,33H,7,10-13,20-21,23-24H2,1-5H3,(H,49,60)(H,50,57)(H,51,56)(H,58,59)(H,52,53,54)/t26-,29-,33-/m0/s1. The van der Waals surface area contributed by atoms with Crippen molar-refractivity contribution in [3.05, 3.63) is 78.2 Å². The van der Waals surface area contributed by atoms with E-state index in [1.165, 1.54) is 24.3 Å². The van der Waals surface area contributed by atoms with Gasteiger partial charge in [-0.1, -0.05) is 24.3 Å². The van der Waals surface area contributed by atoms with Gasteiger partial charge in [0.15, 0.2) is 5.82 Å². The van der Waals surface area contributed by atoms with Crippen molar-refractivity contribution < 1.29 is 51.3 Å². The second-order valence-corrected chi connectivity index (χ2v) is 16.5. The molecule has 334 valence electrons. The summed E-state index contributed by atoms with van der Waals surface area (Å²) in [7, 11) is 3.98. The molecule has 0 spiro atoms. The Morgan fingerprint density at radius 1 is 0.935 bits per heavy atom. The Labute approximate surface area is 356 Å². The first kappa shape index (κ1) is 46.9. The SMILES string of the molecule is CN(C)CCCOc1ccc(-c2cccc(C[C@H](NC(=O)[C@H]3CC[C@H](CNC(=O)OC(C)(C)C)CC3)C(=O)Nc3ccc(-c4nc(C(F)(F)C(F)(F)C(=O)O)n[nH]4)cc3)c2)cn1. The fourth-order valence-corrected chi connectivity index (χ4v) is 6.72. The Hall–Kier alpha value is -6.11. The van der Waals surface area contributed by atoms with Crippen LogP contribution in [0.4, 0.5) is 28.0 Å². The molecule has 1 atom stereocenters. The predicted octanol–water partition coefficient (Wildman–Crippen LogP) is 6.67. The zero-order valence-electron chi connectivity index (χ0n) is 35.1. The molecular weight excluding hydrogens is 817 g/mol. The minimum atomic E-state index is -5.46. The number of amides is 3. The van der Waals surface area contributed by atoms with Crippen LogP contribution in [0.2, 0.25) is 0 Å². The van der Waals surface area contributed by atoms with Crippen molar-refractivity contribution in [2.75, 3.05) is 39.1 Å². The molecule has 0 saturated heterocycles. The molecule has 2 heterocycles. The van der Waals surface area contributed by atoms with E-state index < -0.39 is 47.3 Å². The maximum Gasteiger partial charge on any atom is 0.411 e. The maximum atomic E-state index is 14.3. The largest absolute Gasteiger partial charge is 0.478 e. The number of carboxylic acid groups (broad SMARTS) is 1. The molecule has 5 rings (SSSR count). The molecule has 4 aromatic rings. The Morgan fingerprint density at radius 3 is 2.26 bits per heavy atom. The van der Waals surface area contributed by atoms with Crippen molar-refractivity contribution in [3.8, 4) is 28.4 Å². The molecule has 3 amide bonds. The highest BCUT2D eigenvalue weighted by atomic mass is 19.3. The topological polar surface area (TPSA) is 201 Å². The number of aromatic amines is 1. The fraction of sp³-hybridized carbons (Fsp3) is 0.465. The number of anilines is 1. The van der Waals surface area contributed by atoms with Crippen LogP contribution in [0, 0.1) is 11.8 Å². The number of alkyl carbamates (subject to hydrolysis) is 1. The number of hydrogen-bond donors (Lipinski definition) is 5. The number of halogens is 4. The molecule has 0 unspecified atom stereocenters. The average Bonchev–Trinajstić information content (AvgIpc) is 3.73. The molecule has 0 radical (unpaired) electrons. The highest BCUT2D eigenvalue weighted by molar-refractivity contribution is 5.98. The summed E-state index contributed by atoms with van der Waals surface area (Å²) in [5, 5.41) is 22.4. The van der Waals surface area contributed by atoms with E-state index in [1.807, 2.05) is 44.4 Å². The molecule has 0 bridgehead atoms. The maximum absolute atomic E-state index is 14.3. The smallest absolute Gasteiger partial charge is 0.411 e. The lowest BCUT2D eigenvalue weighted by molar-refractivity contribution is -0.231. The molecule has 1 saturated carbocycles. The quantitative estimate of drug-likeness (QED) is 0.0528. The van der Waals surface area contributed by atoms with E-state index in [2.05, 4.69) is 41.0 Å². The summed E-state index contributed by atoms with van der Waals surface area (Å²) < 4.78 is 67.1. The number of aromatic nitrogens is 4. The molecular formula is C43H52F4N8O7. The summed E-state index contributed by atoms with van der Waals surface area (Å²) in [5.41, 5.74) is 2.13. The third kappa shape index (κ3) is 12.7. The van der Waals surface area contributed by atoms with Crippen LogP contribution in [0.25, 0.3) is 22.5 Å². The molecule has 19 heteroatoms. The van der Waals surface area contributed by atoms with E-state index in [1.54, 1.807) is 33.0 Å². The molecule has 5 N–H and O–H groups in total. The first-order valence-corrected chi connectivity index (χ1v) is 20.1. The molecule has 2 aromatic heterocycles. The average molecular weight is 869 g/mol. The fourth-order valence-electron chi connectivity index (χ4n) is 6.72. The number of benzene rings is 2. The lowest BCUT2D eigenvalue weighted by Gasteiger charge is -2.29. The van der Waals surface area contributed by atoms with Gasteiger partial charge in [0.1, 0.15) is 11.6 Å². The summed E-state index contributed by atoms with van der Waals surface area (Å²) in [6, 6.07) is 15.6. The van der Waals surface area contributed by atoms with Gasteiger partial charge in [-0.15, -0.1) is 0 Å². The van der Waals surface area contributed by atoms with Crippen molar-refractivity contribution >= 4 is 29.6 Å². The first-order chi connectivity index (χ1) is 29.2. The lowest BCUT2D eigenvalue weighted by Crippen LogP contribution is -2.48. The third-order valence-electron chi connectivity index (χ3n) is 10.1. The van der Waals surface area contributed by atoms with Gasteiger partial charge in [0.2, 0.25) is 23.5 Å². The van der Waals surface area contributed by atoms with Crippen LogP contribution in [-0.4, -0.2) is 105 Å². The highest BCUT2D eigenvalue weighted by Crippen LogP contribution is 2.42. The van der Waals surface area contributed by atoms with E-state index in [4.69, 9.17) is 14.6 Å². The van der Waals surface area contributed by atoms with E-state index in [0.29, 0.717) is 44.7 Å². The second-order valence-electron chi connectivity index (χ2n) is 16.5. The number of alkyl halides is 4. The van der Waals surface area contributed by atoms with E-state index >= 15 is 0 Å². The van der Waals surface area contributed by atoms with Crippen LogP contribution in [-0.2, 0) is 31.5 Å². The number of hydrogen-bond acceptors (Lipinski definition) is 10. The van der Waals surface area contributed by atoms with Crippen LogP contribution >= 0.6 is 0 Å². The van der Waals surface area contributed by atoms with Gasteiger partial charge in [-0.2, -0.15) is 22.7 Å². The Bertz CT molecular complexity index is 2150. The van der Waals surface area contributed by atoms with Gasteiger partial charge in [-0.3, -0.25) is 14.7 Å². The van der Waals surface area contributed by atoms with Crippen LogP contribution in [0.3, 0.4) is 0 Å². The van der Waals surface area contributed by atoms with Crippen molar-refractivity contribution in [3.63, 3.8) is 0 Å². The van der Waals surface area contributed by atoms with Gasteiger partial charge in [0.25, 0.3) is 0 Å². The molecule has 62 heavy (non-hydrogen) atoms. The van der Waals surface area contributed by atoms with Crippen LogP contribution in [0.15, 0.2) is 66.9 Å². The van der Waals surface area contributed by atoms with Gasteiger partial charge >= 0.3 is 23.9 Å². The second kappa shape index (κ2) is 20.2. The predicted molar refractivity (Wildman–Crippen MR) is 221 cm³/mol. The molecule has 15 nitrogen and oxygen atoms in total. The van der Waals surface area contributed by atoms with Gasteiger partial charge in [0, 0.05) is 54.5 Å². The Morgan fingerprint density at radius 2 is 1.63 bits per heavy atom. The van der Waals surface area contributed by atoms with Crippen LogP contribution in [0.5, 0.6) is 5.88 Å². The van der Waals surface area contributed by atoms with E-state index in [9.17, 15) is 36.7 Å². The van der Waals surface area contributed by atoms with Crippen molar-refractivity contribution in [1.29, 1.82) is 0 Å². The van der Waals surface area contributed by atoms with Crippen molar-refractivity contribution in [2.24, 2.45) is 11.8 Å². The summed E-state index contributed by atoms with van der Waals surface area (Å²) >= 11 is 0. The number of nitrogens with one attached hydrogen (secondary N) is 4. The number of pyridine rings is 1. The molecule has 1 aliphatic carbocycles. The van der Waals surface area contributed by atoms with Gasteiger partial charge in [-0.25, -0.2) is 19.6 Å². The van der Waals surface area contributed by atoms with Crippen molar-refractivity contribution in [2.45, 2.75) is 82.8 Å². The lowest BCUT2D eigenvalue weighted by atomic mass is 9.81. The van der Waals surface area contributed by atoms with E-state index in [0.717, 1.165) is 29.7 Å². The van der Waals surface area contributed by atoms with E-state index in [-0.39, 0.29) is 41.2 Å². The number of nitrogens with zero attached hydrogens (tertiary/aromatic N) is 4. The Kier molecular flexibility index (Phi) is 15.3. The number of ether oxygens (including phenoxy) is 2. The number of carbonyl (C=O) groups is 4. The van der Waals surface area contributed by atoms with Gasteiger partial charge in [-0.05, 0) is 114 Å². The monoisotopic (exact) mass is 868 g/mol. The zero-order chi connectivity index (χ0) is 45.2. The van der Waals surface area contributed by atoms with Gasteiger partial charge in [0.05, 0.1) is 6.61 Å². The molecule has 1 aliphatic rings. The summed E-state index contributed by atoms with van der Waals surface area (Å²) in [6.07, 6.45) is 4.60. The summed E-state index contributed by atoms with van der Waals surface area (Å²) in [5.74, 6) is -16.3. The van der Waals surface area contributed by atoms with Crippen LogP contribution in [0.1, 0.15) is 64.3 Å². The number of H-pyrrole nitrogens is 1. The number of aliphatic carboxylic acids is 1. The molecule has 0 aliphatic heterocycles. The summed E-state index contributed by atoms with van der Waals surface area (Å²) in [6.45, 7) is 7.17. The minimum Gasteiger partial charge on any atom is -0.478 e. The highest BCUT2D eigenvalue weighted by Gasteiger charge is 2.66. The molecule has 1 fully saturated rings. The van der Waals surface area contributed by atoms with Crippen molar-refractivity contribution in [1.82, 2.24) is 35.7 Å². The summed E-state index contributed by atoms with van der Waals surface area (Å²) in [4.78, 5) is 60.6. The number of rotatable bonds is 18.